The van der Waals surface area contributed by atoms with Gasteiger partial charge in [-0.05, 0) is 105 Å². The molecule has 0 aliphatic carbocycles. The van der Waals surface area contributed by atoms with Crippen molar-refractivity contribution in [2.45, 2.75) is 79.1 Å². The summed E-state index contributed by atoms with van der Waals surface area (Å²) >= 11 is 1.91. The fraction of sp³-hybridized carbons (Fsp3) is 0.333. The van der Waals surface area contributed by atoms with Crippen molar-refractivity contribution in [3.63, 3.8) is 0 Å². The molecule has 8 heteroatoms. The van der Waals surface area contributed by atoms with Gasteiger partial charge in [0.2, 0.25) is 0 Å². The maximum atomic E-state index is 6.47. The molecular weight excluding hydrogens is 711 g/mol. The highest BCUT2D eigenvalue weighted by Crippen LogP contribution is 2.51. The molecule has 0 saturated heterocycles. The topological polar surface area (TPSA) is 43.4 Å². The Bertz CT molecular complexity index is 2560. The molecule has 5 aromatic carbocycles. The molecule has 0 radical (unpaired) electrons. The van der Waals surface area contributed by atoms with Gasteiger partial charge in [-0.3, -0.25) is 0 Å². The van der Waals surface area contributed by atoms with E-state index in [0.717, 1.165) is 52.9 Å². The quantitative estimate of drug-likeness (QED) is 0.164. The number of fused-ring (bicyclic) bond motifs is 8. The molecule has 0 spiro atoms. The molecule has 4 aliphatic heterocycles. The van der Waals surface area contributed by atoms with Crippen molar-refractivity contribution in [2.24, 2.45) is 0 Å². The zero-order valence-corrected chi connectivity index (χ0v) is 34.6. The SMILES string of the molecule is Cc1cc(C(C)(C)C)cc(C)c1N1c2cccc3c2B(c2cc4c(cc2N3c2ccc3c(c2)OCCCO3)OCCCO4)c2c1sc1ccc(C(C)(C)C)cc21. The van der Waals surface area contributed by atoms with Gasteiger partial charge < -0.3 is 28.7 Å². The lowest BCUT2D eigenvalue weighted by molar-refractivity contribution is 0.296. The van der Waals surface area contributed by atoms with Crippen molar-refractivity contribution in [3.8, 4) is 23.0 Å². The first-order valence-corrected chi connectivity index (χ1v) is 20.9. The number of anilines is 6. The summed E-state index contributed by atoms with van der Waals surface area (Å²) in [4.78, 5) is 5.00. The third kappa shape index (κ3) is 5.50. The van der Waals surface area contributed by atoms with Crippen LogP contribution in [0, 0.1) is 13.8 Å². The molecule has 0 fully saturated rings. The fourth-order valence-corrected chi connectivity index (χ4v) is 10.4. The van der Waals surface area contributed by atoms with Gasteiger partial charge in [-0.2, -0.15) is 0 Å². The summed E-state index contributed by atoms with van der Waals surface area (Å²) in [6, 6.07) is 29.7. The Morgan fingerprint density at radius 2 is 1.18 bits per heavy atom. The number of hydrogen-bond acceptors (Lipinski definition) is 7. The van der Waals surface area contributed by atoms with Gasteiger partial charge in [0.15, 0.2) is 23.0 Å². The highest BCUT2D eigenvalue weighted by Gasteiger charge is 2.46. The minimum absolute atomic E-state index is 0.00270. The van der Waals surface area contributed by atoms with Gasteiger partial charge in [0.25, 0.3) is 6.71 Å². The van der Waals surface area contributed by atoms with Crippen LogP contribution in [0.4, 0.5) is 33.4 Å². The van der Waals surface area contributed by atoms with E-state index in [-0.39, 0.29) is 17.5 Å². The molecule has 0 unspecified atom stereocenters. The van der Waals surface area contributed by atoms with E-state index in [2.05, 4.69) is 144 Å². The molecular formula is C48H49BN2O4S. The van der Waals surface area contributed by atoms with Crippen LogP contribution >= 0.6 is 11.3 Å². The summed E-state index contributed by atoms with van der Waals surface area (Å²) in [5.41, 5.74) is 14.8. The second-order valence-electron chi connectivity index (χ2n) is 17.9. The Hall–Kier alpha value is -5.08. The Morgan fingerprint density at radius 1 is 0.571 bits per heavy atom. The Labute approximate surface area is 335 Å². The predicted molar refractivity (Wildman–Crippen MR) is 234 cm³/mol. The number of benzene rings is 5. The van der Waals surface area contributed by atoms with Crippen LogP contribution in [-0.2, 0) is 10.8 Å². The van der Waals surface area contributed by atoms with Crippen molar-refractivity contribution in [2.75, 3.05) is 36.2 Å². The molecule has 6 aromatic rings. The van der Waals surface area contributed by atoms with Crippen LogP contribution in [-0.4, -0.2) is 33.1 Å². The van der Waals surface area contributed by atoms with Gasteiger partial charge in [-0.25, -0.2) is 0 Å². The van der Waals surface area contributed by atoms with Crippen molar-refractivity contribution in [1.29, 1.82) is 0 Å². The van der Waals surface area contributed by atoms with Gasteiger partial charge in [-0.15, -0.1) is 11.3 Å². The molecule has 4 aliphatic rings. The Kier molecular flexibility index (Phi) is 8.03. The van der Waals surface area contributed by atoms with Gasteiger partial charge in [0.05, 0.1) is 42.8 Å². The van der Waals surface area contributed by atoms with E-state index in [1.165, 1.54) is 65.1 Å². The van der Waals surface area contributed by atoms with Crippen molar-refractivity contribution >= 4 is 78.0 Å². The van der Waals surface area contributed by atoms with Crippen molar-refractivity contribution in [3.05, 3.63) is 101 Å². The molecule has 0 bridgehead atoms. The summed E-state index contributed by atoms with van der Waals surface area (Å²) in [5.74, 6) is 3.16. The third-order valence-electron chi connectivity index (χ3n) is 11.9. The van der Waals surface area contributed by atoms with Crippen LogP contribution in [0.2, 0.25) is 0 Å². The van der Waals surface area contributed by atoms with Crippen LogP contribution in [0.15, 0.2) is 78.9 Å². The van der Waals surface area contributed by atoms with E-state index in [9.17, 15) is 0 Å². The maximum absolute atomic E-state index is 6.47. The fourth-order valence-electron chi connectivity index (χ4n) is 9.11. The van der Waals surface area contributed by atoms with Gasteiger partial charge in [0, 0.05) is 46.7 Å². The minimum Gasteiger partial charge on any atom is -0.490 e. The molecule has 284 valence electrons. The summed E-state index contributed by atoms with van der Waals surface area (Å²) < 4.78 is 26.6. The molecule has 0 amide bonds. The Morgan fingerprint density at radius 3 is 1.84 bits per heavy atom. The number of rotatable bonds is 2. The predicted octanol–water partition coefficient (Wildman–Crippen LogP) is 10.5. The average molecular weight is 761 g/mol. The average Bonchev–Trinajstić information content (AvgIpc) is 3.27. The maximum Gasteiger partial charge on any atom is 0.254 e. The van der Waals surface area contributed by atoms with Crippen LogP contribution in [0.25, 0.3) is 10.1 Å². The highest BCUT2D eigenvalue weighted by molar-refractivity contribution is 7.26. The standard InChI is InChI=1S/C48H49BN2O4S/c1-28-22-31(48(6,7)8)23-29(2)45(28)51-36-13-9-12-35-44(36)49(43-33-24-30(47(3,4)5)14-17-42(33)56-46(43)51)34-26-40-41(55-21-11-20-54-40)27-37(34)50(35)32-15-16-38-39(25-32)53-19-10-18-52-38/h9,12-17,22-27H,10-11,18-21H2,1-8H3. The second-order valence-corrected chi connectivity index (χ2v) is 18.9. The smallest absolute Gasteiger partial charge is 0.254 e. The van der Waals surface area contributed by atoms with E-state index in [0.29, 0.717) is 26.4 Å². The molecule has 5 heterocycles. The number of hydrogen-bond donors (Lipinski definition) is 0. The molecule has 0 N–H and O–H groups in total. The van der Waals surface area contributed by atoms with Gasteiger partial charge in [0.1, 0.15) is 0 Å². The van der Waals surface area contributed by atoms with E-state index in [1.54, 1.807) is 0 Å². The summed E-state index contributed by atoms with van der Waals surface area (Å²) in [7, 11) is 0. The van der Waals surface area contributed by atoms with E-state index in [4.69, 9.17) is 18.9 Å². The first-order valence-electron chi connectivity index (χ1n) is 20.1. The normalized spacial score (nSPS) is 15.9. The summed E-state index contributed by atoms with van der Waals surface area (Å²) in [6.45, 7) is 20.9. The lowest BCUT2D eigenvalue weighted by Crippen LogP contribution is -2.61. The van der Waals surface area contributed by atoms with E-state index in [1.807, 2.05) is 11.3 Å². The second kappa shape index (κ2) is 12.7. The number of aryl methyl sites for hydroxylation is 2. The van der Waals surface area contributed by atoms with Crippen LogP contribution < -0.4 is 45.1 Å². The molecule has 6 nitrogen and oxygen atoms in total. The monoisotopic (exact) mass is 760 g/mol. The molecule has 1 aromatic heterocycles. The van der Waals surface area contributed by atoms with Gasteiger partial charge in [-0.1, -0.05) is 71.9 Å². The third-order valence-corrected chi connectivity index (χ3v) is 13.1. The molecule has 10 rings (SSSR count). The highest BCUT2D eigenvalue weighted by atomic mass is 32.1. The summed E-state index contributed by atoms with van der Waals surface area (Å²) in [5, 5.41) is 2.59. The Balaban J connectivity index is 1.30. The first kappa shape index (κ1) is 35.3. The van der Waals surface area contributed by atoms with Crippen molar-refractivity contribution < 1.29 is 18.9 Å². The van der Waals surface area contributed by atoms with Crippen LogP contribution in [0.5, 0.6) is 23.0 Å². The largest absolute Gasteiger partial charge is 0.490 e. The molecule has 56 heavy (non-hydrogen) atoms. The zero-order chi connectivity index (χ0) is 38.7. The van der Waals surface area contributed by atoms with Gasteiger partial charge >= 0.3 is 0 Å². The summed E-state index contributed by atoms with van der Waals surface area (Å²) in [6.07, 6.45) is 1.70. The lowest BCUT2D eigenvalue weighted by atomic mass is 9.33. The minimum atomic E-state index is -0.0466. The number of thiophene rings is 1. The lowest BCUT2D eigenvalue weighted by Gasteiger charge is -2.44. The van der Waals surface area contributed by atoms with Crippen molar-refractivity contribution in [1.82, 2.24) is 0 Å². The van der Waals surface area contributed by atoms with Crippen LogP contribution in [0.1, 0.15) is 76.6 Å². The first-order chi connectivity index (χ1) is 26.9. The molecule has 0 atom stereocenters. The zero-order valence-electron chi connectivity index (χ0n) is 33.8. The number of nitrogens with zero attached hydrogens (tertiary/aromatic N) is 2. The van der Waals surface area contributed by atoms with Crippen LogP contribution in [0.3, 0.4) is 0 Å². The van der Waals surface area contributed by atoms with E-state index < -0.39 is 0 Å². The number of ether oxygens (including phenoxy) is 4. The van der Waals surface area contributed by atoms with E-state index >= 15 is 0 Å². The molecule has 0 saturated carbocycles.